The number of carbonyl (C=O) groups excluding carboxylic acids is 2. The molecule has 0 atom stereocenters. The van der Waals surface area contributed by atoms with Gasteiger partial charge in [0.15, 0.2) is 0 Å². The van der Waals surface area contributed by atoms with E-state index in [1.807, 2.05) is 28.0 Å². The van der Waals surface area contributed by atoms with Gasteiger partial charge < -0.3 is 19.3 Å². The van der Waals surface area contributed by atoms with E-state index < -0.39 is 0 Å². The van der Waals surface area contributed by atoms with Crippen molar-refractivity contribution < 1.29 is 19.1 Å². The summed E-state index contributed by atoms with van der Waals surface area (Å²) in [6.07, 6.45) is 13.6. The van der Waals surface area contributed by atoms with Gasteiger partial charge in [0.25, 0.3) is 0 Å². The number of aromatic nitrogens is 1. The highest BCUT2D eigenvalue weighted by Crippen LogP contribution is 2.24. The van der Waals surface area contributed by atoms with Crippen molar-refractivity contribution in [3.8, 4) is 0 Å². The molecule has 0 unspecified atom stereocenters. The molecule has 4 heterocycles. The predicted octanol–water partition coefficient (Wildman–Crippen LogP) is 2.91. The lowest BCUT2D eigenvalue weighted by Gasteiger charge is -2.37. The van der Waals surface area contributed by atoms with Crippen LogP contribution in [0.3, 0.4) is 0 Å². The van der Waals surface area contributed by atoms with Crippen molar-refractivity contribution in [1.29, 1.82) is 0 Å². The summed E-state index contributed by atoms with van der Waals surface area (Å²) in [5.41, 5.74) is 0.927. The minimum absolute atomic E-state index is 0.0450. The first kappa shape index (κ1) is 22.9. The molecule has 4 rings (SSSR count). The molecule has 174 valence electrons. The molecule has 0 radical (unpaired) electrons. The van der Waals surface area contributed by atoms with Gasteiger partial charge in [0.2, 0.25) is 11.8 Å². The Morgan fingerprint density at radius 3 is 2.28 bits per heavy atom. The van der Waals surface area contributed by atoms with E-state index in [0.717, 1.165) is 83.5 Å². The van der Waals surface area contributed by atoms with Crippen LogP contribution in [-0.2, 0) is 19.1 Å². The fourth-order valence-corrected chi connectivity index (χ4v) is 4.80. The Balaban J connectivity index is 1.13. The van der Waals surface area contributed by atoms with Crippen LogP contribution in [-0.4, -0.2) is 78.2 Å². The first-order valence-corrected chi connectivity index (χ1v) is 12.1. The van der Waals surface area contributed by atoms with Gasteiger partial charge in [-0.1, -0.05) is 6.07 Å². The van der Waals surface area contributed by atoms with E-state index in [-0.39, 0.29) is 18.1 Å². The molecule has 3 fully saturated rings. The fraction of sp³-hybridized carbons (Fsp3) is 0.640. The molecule has 2 amide bonds. The molecule has 0 saturated carbocycles. The third-order valence-electron chi connectivity index (χ3n) is 6.84. The second kappa shape index (κ2) is 11.6. The summed E-state index contributed by atoms with van der Waals surface area (Å²) in [4.78, 5) is 33.0. The van der Waals surface area contributed by atoms with Crippen molar-refractivity contribution in [2.45, 2.75) is 57.2 Å². The number of hydrogen-bond donors (Lipinski definition) is 0. The van der Waals surface area contributed by atoms with Gasteiger partial charge >= 0.3 is 0 Å². The molecule has 32 heavy (non-hydrogen) atoms. The second-order valence-corrected chi connectivity index (χ2v) is 9.12. The average molecular weight is 442 g/mol. The normalized spacial score (nSPS) is 21.9. The Hall–Kier alpha value is -2.25. The Kier molecular flexibility index (Phi) is 8.29. The first-order valence-electron chi connectivity index (χ1n) is 12.1. The minimum atomic E-state index is 0.0450. The molecule has 0 N–H and O–H groups in total. The highest BCUT2D eigenvalue weighted by atomic mass is 16.5. The van der Waals surface area contributed by atoms with Crippen molar-refractivity contribution in [3.05, 3.63) is 36.2 Å². The minimum Gasteiger partial charge on any atom is -0.381 e. The van der Waals surface area contributed by atoms with Crippen molar-refractivity contribution in [3.63, 3.8) is 0 Å². The third kappa shape index (κ3) is 6.62. The van der Waals surface area contributed by atoms with Crippen LogP contribution in [0.1, 0.15) is 50.5 Å². The Morgan fingerprint density at radius 1 is 1.00 bits per heavy atom. The summed E-state index contributed by atoms with van der Waals surface area (Å²) in [5.74, 6) is 0.822. The number of carbonyl (C=O) groups is 2. The van der Waals surface area contributed by atoms with E-state index in [1.165, 1.54) is 0 Å². The quantitative estimate of drug-likeness (QED) is 0.635. The van der Waals surface area contributed by atoms with Gasteiger partial charge in [-0.05, 0) is 62.1 Å². The molecule has 7 heteroatoms. The third-order valence-corrected chi connectivity index (χ3v) is 6.84. The second-order valence-electron chi connectivity index (χ2n) is 9.12. The molecule has 7 nitrogen and oxygen atoms in total. The van der Waals surface area contributed by atoms with Crippen LogP contribution in [0.4, 0.5) is 0 Å². The van der Waals surface area contributed by atoms with Crippen LogP contribution >= 0.6 is 0 Å². The maximum atomic E-state index is 12.6. The van der Waals surface area contributed by atoms with E-state index in [2.05, 4.69) is 4.98 Å². The van der Waals surface area contributed by atoms with Crippen LogP contribution in [0.25, 0.3) is 6.08 Å². The van der Waals surface area contributed by atoms with Gasteiger partial charge in [0.05, 0.1) is 12.2 Å². The number of amides is 2. The lowest BCUT2D eigenvalue weighted by Crippen LogP contribution is -2.45. The number of pyridine rings is 1. The Bertz CT molecular complexity index is 763. The number of likely N-dealkylation sites (tertiary alicyclic amines) is 2. The zero-order valence-electron chi connectivity index (χ0n) is 18.9. The van der Waals surface area contributed by atoms with Crippen molar-refractivity contribution in [2.24, 2.45) is 5.92 Å². The lowest BCUT2D eigenvalue weighted by atomic mass is 9.95. The molecular formula is C25H35N3O4. The van der Waals surface area contributed by atoms with E-state index in [0.29, 0.717) is 18.2 Å². The number of hydrogen-bond acceptors (Lipinski definition) is 5. The first-order chi connectivity index (χ1) is 15.7. The molecular weight excluding hydrogens is 406 g/mol. The molecule has 3 aliphatic rings. The number of piperidine rings is 2. The molecule has 3 aliphatic heterocycles. The van der Waals surface area contributed by atoms with Crippen LogP contribution in [0.2, 0.25) is 0 Å². The van der Waals surface area contributed by atoms with Gasteiger partial charge in [-0.2, -0.15) is 0 Å². The number of nitrogens with zero attached hydrogens (tertiary/aromatic N) is 3. The van der Waals surface area contributed by atoms with Gasteiger partial charge in [-0.25, -0.2) is 0 Å². The number of ether oxygens (including phenoxy) is 2. The monoisotopic (exact) mass is 441 g/mol. The molecule has 0 spiro atoms. The summed E-state index contributed by atoms with van der Waals surface area (Å²) in [5, 5.41) is 0. The lowest BCUT2D eigenvalue weighted by molar-refractivity contribution is -0.137. The summed E-state index contributed by atoms with van der Waals surface area (Å²) in [6, 6.07) is 3.79. The Morgan fingerprint density at radius 2 is 1.66 bits per heavy atom. The fourth-order valence-electron chi connectivity index (χ4n) is 4.80. The van der Waals surface area contributed by atoms with Crippen LogP contribution in [0.5, 0.6) is 0 Å². The summed E-state index contributed by atoms with van der Waals surface area (Å²) >= 11 is 0. The SMILES string of the molecule is O=C(/C=C/c1cccnc1)N1CCC(OC2CCN(C(=O)CC3CCOCC3)CC2)CC1. The molecule has 1 aromatic heterocycles. The van der Waals surface area contributed by atoms with Gasteiger partial charge in [0.1, 0.15) is 0 Å². The molecule has 0 aliphatic carbocycles. The largest absolute Gasteiger partial charge is 0.381 e. The molecule has 0 aromatic carbocycles. The molecule has 0 bridgehead atoms. The number of rotatable bonds is 6. The molecule has 1 aromatic rings. The summed E-state index contributed by atoms with van der Waals surface area (Å²) in [6.45, 7) is 4.62. The van der Waals surface area contributed by atoms with E-state index in [1.54, 1.807) is 18.5 Å². The predicted molar refractivity (Wildman–Crippen MR) is 122 cm³/mol. The van der Waals surface area contributed by atoms with Gasteiger partial charge in [-0.3, -0.25) is 14.6 Å². The van der Waals surface area contributed by atoms with Crippen molar-refractivity contribution >= 4 is 17.9 Å². The maximum Gasteiger partial charge on any atom is 0.246 e. The van der Waals surface area contributed by atoms with E-state index >= 15 is 0 Å². The zero-order chi connectivity index (χ0) is 22.2. The highest BCUT2D eigenvalue weighted by molar-refractivity contribution is 5.91. The Labute approximate surface area is 190 Å². The summed E-state index contributed by atoms with van der Waals surface area (Å²) < 4.78 is 11.7. The van der Waals surface area contributed by atoms with Gasteiger partial charge in [0, 0.05) is 64.3 Å². The van der Waals surface area contributed by atoms with Crippen molar-refractivity contribution in [2.75, 3.05) is 39.4 Å². The smallest absolute Gasteiger partial charge is 0.246 e. The van der Waals surface area contributed by atoms with Crippen molar-refractivity contribution in [1.82, 2.24) is 14.8 Å². The van der Waals surface area contributed by atoms with E-state index in [4.69, 9.17) is 9.47 Å². The maximum absolute atomic E-state index is 12.6. The van der Waals surface area contributed by atoms with E-state index in [9.17, 15) is 9.59 Å². The molecule has 3 saturated heterocycles. The standard InChI is InChI=1S/C25H35N3O4/c29-24(4-3-21-2-1-11-26-19-21)27-12-5-22(6-13-27)32-23-7-14-28(15-8-23)25(30)18-20-9-16-31-17-10-20/h1-4,11,19-20,22-23H,5-10,12-18H2/b4-3+. The summed E-state index contributed by atoms with van der Waals surface area (Å²) in [7, 11) is 0. The average Bonchev–Trinajstić information content (AvgIpc) is 2.85. The van der Waals surface area contributed by atoms with Crippen LogP contribution in [0.15, 0.2) is 30.6 Å². The van der Waals surface area contributed by atoms with Crippen LogP contribution in [0, 0.1) is 5.92 Å². The van der Waals surface area contributed by atoms with Gasteiger partial charge in [-0.15, -0.1) is 0 Å². The zero-order valence-corrected chi connectivity index (χ0v) is 18.9. The topological polar surface area (TPSA) is 72.0 Å². The highest BCUT2D eigenvalue weighted by Gasteiger charge is 2.29. The van der Waals surface area contributed by atoms with Crippen LogP contribution < -0.4 is 0 Å².